The number of carbonyl (C=O) groups excluding carboxylic acids is 2. The van der Waals surface area contributed by atoms with E-state index in [0.717, 1.165) is 57.8 Å². The van der Waals surface area contributed by atoms with Crippen LogP contribution >= 0.6 is 0 Å². The van der Waals surface area contributed by atoms with Crippen LogP contribution < -0.4 is 5.73 Å². The first-order valence-electron chi connectivity index (χ1n) is 9.86. The van der Waals surface area contributed by atoms with E-state index in [1.54, 1.807) is 0 Å². The summed E-state index contributed by atoms with van der Waals surface area (Å²) in [6.07, 6.45) is 16.9. The van der Waals surface area contributed by atoms with Crippen LogP contribution in [0.4, 0.5) is 0 Å². The van der Waals surface area contributed by atoms with Gasteiger partial charge in [-0.05, 0) is 32.1 Å². The molecule has 0 aromatic heterocycles. The van der Waals surface area contributed by atoms with Crippen molar-refractivity contribution < 1.29 is 19.4 Å². The topological polar surface area (TPSA) is 89.6 Å². The van der Waals surface area contributed by atoms with Crippen LogP contribution in [0.3, 0.4) is 0 Å². The summed E-state index contributed by atoms with van der Waals surface area (Å²) in [6, 6.07) is 0. The summed E-state index contributed by atoms with van der Waals surface area (Å²) in [5, 5.41) is 9.85. The molecule has 0 saturated carbocycles. The van der Waals surface area contributed by atoms with Gasteiger partial charge in [-0.15, -0.1) is 0 Å². The Bertz CT molecular complexity index is 375. The van der Waals surface area contributed by atoms with Crippen molar-refractivity contribution in [3.63, 3.8) is 0 Å². The van der Waals surface area contributed by atoms with Gasteiger partial charge in [0, 0.05) is 6.42 Å². The van der Waals surface area contributed by atoms with Gasteiger partial charge in [0.2, 0.25) is 0 Å². The molecule has 0 spiro atoms. The van der Waals surface area contributed by atoms with Crippen LogP contribution in [0.1, 0.15) is 90.4 Å². The number of hydrogen-bond acceptors (Lipinski definition) is 5. The molecule has 0 aromatic rings. The van der Waals surface area contributed by atoms with Crippen LogP contribution in [0, 0.1) is 0 Å². The summed E-state index contributed by atoms with van der Waals surface area (Å²) in [6.45, 7) is 1.94. The van der Waals surface area contributed by atoms with E-state index in [1.807, 2.05) is 0 Å². The number of hydrogen-bond donors (Lipinski definition) is 2. The van der Waals surface area contributed by atoms with Gasteiger partial charge < -0.3 is 15.6 Å². The molecule has 0 fully saturated rings. The summed E-state index contributed by atoms with van der Waals surface area (Å²) < 4.78 is 4.49. The molecular formula is C20H38NNaO4. The average Bonchev–Trinajstić information content (AvgIpc) is 2.60. The number of allylic oxidation sites excluding steroid dienone is 1. The van der Waals surface area contributed by atoms with Crippen LogP contribution in [0.25, 0.3) is 0 Å². The van der Waals surface area contributed by atoms with E-state index in [4.69, 9.17) is 5.73 Å². The number of aliphatic hydroxyl groups is 1. The number of aliphatic hydroxyl groups excluding tert-OH is 1. The van der Waals surface area contributed by atoms with Gasteiger partial charge in [0.05, 0.1) is 12.6 Å². The molecule has 0 radical (unpaired) electrons. The Morgan fingerprint density at radius 1 is 0.962 bits per heavy atom. The maximum atomic E-state index is 11.2. The predicted octanol–water partition coefficient (Wildman–Crippen LogP) is 3.37. The van der Waals surface area contributed by atoms with Crippen LogP contribution in [-0.2, 0) is 14.3 Å². The second-order valence-electron chi connectivity index (χ2n) is 6.57. The monoisotopic (exact) mass is 379 g/mol. The third kappa shape index (κ3) is 20.1. The molecule has 26 heavy (non-hydrogen) atoms. The summed E-state index contributed by atoms with van der Waals surface area (Å²) in [7, 11) is 0. The molecule has 5 nitrogen and oxygen atoms in total. The van der Waals surface area contributed by atoms with E-state index in [9.17, 15) is 14.7 Å². The molecule has 0 saturated heterocycles. The number of nitrogens with two attached hydrogens (primary N) is 1. The van der Waals surface area contributed by atoms with Crippen molar-refractivity contribution in [2.45, 2.75) is 96.5 Å². The van der Waals surface area contributed by atoms with Crippen LogP contribution in [0.5, 0.6) is 0 Å². The molecule has 1 atom stereocenters. The second-order valence-corrected chi connectivity index (χ2v) is 6.57. The first kappa shape index (κ1) is 28.0. The molecule has 0 unspecified atom stereocenters. The van der Waals surface area contributed by atoms with Gasteiger partial charge in [0.1, 0.15) is 0 Å². The molecule has 0 bridgehead atoms. The van der Waals surface area contributed by atoms with Gasteiger partial charge in [0.25, 0.3) is 0 Å². The first-order chi connectivity index (χ1) is 12.1. The van der Waals surface area contributed by atoms with Crippen molar-refractivity contribution in [3.05, 3.63) is 12.2 Å². The first-order valence-corrected chi connectivity index (χ1v) is 9.86. The number of ether oxygens (including phenoxy) is 1. The van der Waals surface area contributed by atoms with E-state index in [2.05, 4.69) is 23.8 Å². The number of unbranched alkanes of at least 4 members (excludes halogenated alkanes) is 8. The Morgan fingerprint density at radius 2 is 1.62 bits per heavy atom. The van der Waals surface area contributed by atoms with Gasteiger partial charge in [-0.25, -0.2) is 0 Å². The van der Waals surface area contributed by atoms with Crippen molar-refractivity contribution in [2.75, 3.05) is 6.54 Å². The molecular weight excluding hydrogens is 341 g/mol. The zero-order valence-electron chi connectivity index (χ0n) is 15.9. The predicted molar refractivity (Wildman–Crippen MR) is 108 cm³/mol. The summed E-state index contributed by atoms with van der Waals surface area (Å²) in [4.78, 5) is 22.1. The quantitative estimate of drug-likeness (QED) is 0.141. The average molecular weight is 380 g/mol. The number of esters is 2. The van der Waals surface area contributed by atoms with Gasteiger partial charge >= 0.3 is 41.5 Å². The Hall–Kier alpha value is -0.200. The van der Waals surface area contributed by atoms with Crippen LogP contribution in [0.15, 0.2) is 12.2 Å². The van der Waals surface area contributed by atoms with Crippen molar-refractivity contribution in [1.29, 1.82) is 0 Å². The van der Waals surface area contributed by atoms with E-state index in [1.165, 1.54) is 19.3 Å². The van der Waals surface area contributed by atoms with E-state index >= 15 is 0 Å². The van der Waals surface area contributed by atoms with Crippen LogP contribution in [0.2, 0.25) is 0 Å². The Kier molecular flexibility index (Phi) is 22.7. The van der Waals surface area contributed by atoms with Crippen molar-refractivity contribution in [1.82, 2.24) is 0 Å². The molecule has 148 valence electrons. The fourth-order valence-corrected chi connectivity index (χ4v) is 2.58. The summed E-state index contributed by atoms with van der Waals surface area (Å²) in [5.41, 5.74) is 5.07. The standard InChI is InChI=1S/C20H37NO4.Na.H/c1-2-3-4-11-14-18(22)15-12-9-7-5-6-8-10-13-16-19(23)25-20(24)17-21;;/h9,12,18,22H,2-8,10-11,13-17,21H2,1H3;;/b12-9-;;/t18-;;/m1../s1. The van der Waals surface area contributed by atoms with E-state index in [0.29, 0.717) is 0 Å². The molecule has 0 aliphatic heterocycles. The van der Waals surface area contributed by atoms with Gasteiger partial charge in [0.15, 0.2) is 0 Å². The third-order valence-corrected chi connectivity index (χ3v) is 4.11. The van der Waals surface area contributed by atoms with Gasteiger partial charge in [-0.2, -0.15) is 0 Å². The van der Waals surface area contributed by atoms with Crippen molar-refractivity contribution in [3.8, 4) is 0 Å². The molecule has 6 heteroatoms. The van der Waals surface area contributed by atoms with Crippen LogP contribution in [-0.4, -0.2) is 59.3 Å². The fourth-order valence-electron chi connectivity index (χ4n) is 2.58. The van der Waals surface area contributed by atoms with Crippen molar-refractivity contribution in [2.24, 2.45) is 5.73 Å². The molecule has 3 N–H and O–H groups in total. The molecule has 0 rings (SSSR count). The van der Waals surface area contributed by atoms with Gasteiger partial charge in [-0.1, -0.05) is 64.0 Å². The fraction of sp³-hybridized carbons (Fsp3) is 0.800. The van der Waals surface area contributed by atoms with Crippen molar-refractivity contribution >= 4 is 41.5 Å². The van der Waals surface area contributed by atoms with E-state index in [-0.39, 0.29) is 48.6 Å². The summed E-state index contributed by atoms with van der Waals surface area (Å²) >= 11 is 0. The minimum absolute atomic E-state index is 0. The zero-order valence-corrected chi connectivity index (χ0v) is 15.9. The Labute approximate surface area is 181 Å². The molecule has 0 heterocycles. The van der Waals surface area contributed by atoms with E-state index < -0.39 is 11.9 Å². The zero-order chi connectivity index (χ0) is 18.8. The molecule has 0 aliphatic rings. The molecule has 0 aliphatic carbocycles. The van der Waals surface area contributed by atoms with Gasteiger partial charge in [-0.3, -0.25) is 9.59 Å². The minimum atomic E-state index is -0.664. The molecule has 0 amide bonds. The Balaban J connectivity index is 0. The normalized spacial score (nSPS) is 12.0. The SMILES string of the molecule is CCCCCC[C@@H](O)C/C=C\CCCCCCCC(=O)OC(=O)CN.[NaH]. The number of rotatable bonds is 16. The summed E-state index contributed by atoms with van der Waals surface area (Å²) in [5.74, 6) is -1.14. The third-order valence-electron chi connectivity index (χ3n) is 4.11. The molecule has 0 aromatic carbocycles. The second kappa shape index (κ2) is 21.1. The Morgan fingerprint density at radius 3 is 2.31 bits per heavy atom. The number of carbonyl (C=O) groups is 2. The maximum absolute atomic E-state index is 11.2.